The van der Waals surface area contributed by atoms with E-state index in [4.69, 9.17) is 34.5 Å². The molecule has 0 aromatic carbocycles. The average Bonchev–Trinajstić information content (AvgIpc) is 3.66. The van der Waals surface area contributed by atoms with Crippen LogP contribution in [0.5, 0.6) is 0 Å². The standard InChI is InChI=1S/C19H24N10O11P2S2/c20-13-11-14(23-4-22-13)29(19(32)25-11)9-1-6(30)8(37-9)3-36-42(35,44)39-7-2-10(40-41(33,34)43)38-17(7)28-5-24-12-15(28)26-18(21)27-16(12)31/h4-10,17,30H,1-3H2,(H,25,32)(H,35,44)(H2,20,22,23)(H2,33,34,43)(H3,21,26,27,31)/t6-,7?,8+,9+,10+,17+,42?/m0/s1. The van der Waals surface area contributed by atoms with Gasteiger partial charge in [0.2, 0.25) is 5.95 Å². The number of hydrogen-bond donors (Lipinski definition) is 8. The summed E-state index contributed by atoms with van der Waals surface area (Å²) in [4.78, 5) is 55.2. The number of aromatic nitrogens is 8. The van der Waals surface area contributed by atoms with Gasteiger partial charge < -0.3 is 35.9 Å². The number of rotatable bonds is 9. The van der Waals surface area contributed by atoms with Crippen LogP contribution in [0.2, 0.25) is 0 Å². The highest BCUT2D eigenvalue weighted by atomic mass is 32.7. The third kappa shape index (κ3) is 6.17. The Morgan fingerprint density at radius 2 is 1.86 bits per heavy atom. The van der Waals surface area contributed by atoms with E-state index in [-0.39, 0.29) is 46.9 Å². The molecule has 0 amide bonds. The van der Waals surface area contributed by atoms with E-state index in [0.717, 1.165) is 4.57 Å². The first-order chi connectivity index (χ1) is 20.7. The third-order valence-corrected chi connectivity index (χ3v) is 9.15. The molecule has 0 spiro atoms. The zero-order chi connectivity index (χ0) is 31.6. The van der Waals surface area contributed by atoms with Crippen LogP contribution in [0.25, 0.3) is 22.3 Å². The molecule has 3 unspecified atom stereocenters. The molecule has 21 nitrogen and oxygen atoms in total. The van der Waals surface area contributed by atoms with Gasteiger partial charge in [-0.2, -0.15) is 4.98 Å². The molecule has 8 atom stereocenters. The van der Waals surface area contributed by atoms with E-state index in [1.54, 1.807) is 0 Å². The number of H-pyrrole nitrogens is 2. The van der Waals surface area contributed by atoms with Gasteiger partial charge in [0, 0.05) is 12.8 Å². The van der Waals surface area contributed by atoms with E-state index in [1.807, 2.05) is 0 Å². The average molecular weight is 695 g/mol. The summed E-state index contributed by atoms with van der Waals surface area (Å²) in [6.45, 7) is -9.13. The second-order valence-electron chi connectivity index (χ2n) is 9.66. The first-order valence-corrected chi connectivity index (χ1v) is 17.9. The minimum absolute atomic E-state index is 0.0356. The van der Waals surface area contributed by atoms with Crippen LogP contribution in [-0.4, -0.2) is 80.2 Å². The highest BCUT2D eigenvalue weighted by Gasteiger charge is 2.45. The normalized spacial score (nSPS) is 28.5. The van der Waals surface area contributed by atoms with Crippen LogP contribution in [0, 0.1) is 0 Å². The van der Waals surface area contributed by atoms with Crippen molar-refractivity contribution in [2.45, 2.75) is 49.9 Å². The summed E-state index contributed by atoms with van der Waals surface area (Å²) >= 11 is 7.53. The molecule has 44 heavy (non-hydrogen) atoms. The van der Waals surface area contributed by atoms with E-state index in [1.165, 1.54) is 17.2 Å². The van der Waals surface area contributed by atoms with Crippen LogP contribution >= 0.6 is 38.1 Å². The first-order valence-electron chi connectivity index (χ1n) is 12.5. The van der Waals surface area contributed by atoms with E-state index in [9.17, 15) is 28.7 Å². The van der Waals surface area contributed by atoms with Crippen molar-refractivity contribution in [2.24, 2.45) is 0 Å². The van der Waals surface area contributed by atoms with Gasteiger partial charge in [0.25, 0.3) is 5.56 Å². The van der Waals surface area contributed by atoms with Gasteiger partial charge in [-0.25, -0.2) is 33.4 Å². The second-order valence-corrected chi connectivity index (χ2v) is 15.2. The van der Waals surface area contributed by atoms with Gasteiger partial charge in [0.1, 0.15) is 30.3 Å². The predicted molar refractivity (Wildman–Crippen MR) is 155 cm³/mol. The second kappa shape index (κ2) is 11.5. The molecule has 0 saturated carbocycles. The van der Waals surface area contributed by atoms with Crippen LogP contribution in [0.4, 0.5) is 11.8 Å². The molecular weight excluding hydrogens is 670 g/mol. The maximum Gasteiger partial charge on any atom is 0.386 e. The lowest BCUT2D eigenvalue weighted by Crippen LogP contribution is -2.27. The fourth-order valence-electron chi connectivity index (χ4n) is 4.91. The van der Waals surface area contributed by atoms with Crippen molar-refractivity contribution in [1.29, 1.82) is 0 Å². The van der Waals surface area contributed by atoms with E-state index < -0.39 is 68.5 Å². The van der Waals surface area contributed by atoms with Gasteiger partial charge in [-0.15, -0.1) is 0 Å². The zero-order valence-electron chi connectivity index (χ0n) is 21.9. The molecule has 25 heteroatoms. The number of imidazole rings is 2. The van der Waals surface area contributed by atoms with Crippen molar-refractivity contribution in [3.63, 3.8) is 0 Å². The molecular formula is C19H24N10O11P2S2. The molecule has 0 bridgehead atoms. The Kier molecular flexibility index (Phi) is 8.16. The van der Waals surface area contributed by atoms with Gasteiger partial charge >= 0.3 is 19.3 Å². The van der Waals surface area contributed by atoms with E-state index in [2.05, 4.69) is 54.4 Å². The summed E-state index contributed by atoms with van der Waals surface area (Å²) in [5.74, 6) is -0.185. The fourth-order valence-corrected chi connectivity index (χ4v) is 7.16. The molecule has 0 aliphatic carbocycles. The Hall–Kier alpha value is -2.82. The number of hydrogen-bond acceptors (Lipinski definition) is 16. The molecule has 4 aromatic rings. The van der Waals surface area contributed by atoms with Crippen molar-refractivity contribution >= 4 is 72.2 Å². The Morgan fingerprint density at radius 3 is 2.61 bits per heavy atom. The Bertz CT molecular complexity index is 1940. The van der Waals surface area contributed by atoms with E-state index in [0.29, 0.717) is 0 Å². The van der Waals surface area contributed by atoms with Crippen molar-refractivity contribution in [2.75, 3.05) is 18.1 Å². The van der Waals surface area contributed by atoms with Crippen LogP contribution in [0.3, 0.4) is 0 Å². The maximum absolute atomic E-state index is 13.3. The number of aliphatic hydroxyl groups is 1. The summed E-state index contributed by atoms with van der Waals surface area (Å²) in [6.07, 6.45) is -5.10. The SMILES string of the molecule is Nc1nc2c(ncn2[C@@H]2O[C@H](OP(=O)(O)S)CC2OP(=O)(S)OC[C@H]2O[C@@H](n3c(=O)[nH]c4c(N)ncnc43)C[C@@H]2O)c(=O)[nH]1. The maximum atomic E-state index is 13.3. The lowest BCUT2D eigenvalue weighted by molar-refractivity contribution is -0.106. The Labute approximate surface area is 254 Å². The lowest BCUT2D eigenvalue weighted by atomic mass is 10.2. The highest BCUT2D eigenvalue weighted by Crippen LogP contribution is 2.58. The van der Waals surface area contributed by atoms with Crippen LogP contribution in [-0.2, 0) is 32.2 Å². The molecule has 2 fully saturated rings. The number of nitrogens with one attached hydrogen (secondary N) is 2. The summed E-state index contributed by atoms with van der Waals surface area (Å²) in [5, 5.41) is 10.6. The minimum Gasteiger partial charge on any atom is -0.390 e. The largest absolute Gasteiger partial charge is 0.390 e. The first kappa shape index (κ1) is 31.2. The Morgan fingerprint density at radius 1 is 1.09 bits per heavy atom. The topological polar surface area (TPSA) is 300 Å². The van der Waals surface area contributed by atoms with Crippen molar-refractivity contribution in [3.8, 4) is 0 Å². The summed E-state index contributed by atoms with van der Waals surface area (Å²) in [7, 11) is 0. The fraction of sp³-hybridized carbons (Fsp3) is 0.474. The quantitative estimate of drug-likeness (QED) is 0.0830. The van der Waals surface area contributed by atoms with Gasteiger partial charge in [0.15, 0.2) is 35.1 Å². The van der Waals surface area contributed by atoms with Gasteiger partial charge in [-0.3, -0.25) is 27.9 Å². The molecule has 0 radical (unpaired) electrons. The zero-order valence-corrected chi connectivity index (χ0v) is 25.5. The van der Waals surface area contributed by atoms with Gasteiger partial charge in [-0.1, -0.05) is 24.5 Å². The molecule has 6 heterocycles. The lowest BCUT2D eigenvalue weighted by Gasteiger charge is -2.24. The Balaban J connectivity index is 1.18. The number of nitrogen functional groups attached to an aromatic ring is 2. The third-order valence-electron chi connectivity index (χ3n) is 6.71. The molecule has 2 aliphatic rings. The van der Waals surface area contributed by atoms with Crippen LogP contribution in [0.15, 0.2) is 22.2 Å². The molecule has 2 saturated heterocycles. The highest BCUT2D eigenvalue weighted by molar-refractivity contribution is 8.44. The number of thiol groups is 2. The van der Waals surface area contributed by atoms with E-state index >= 15 is 0 Å². The van der Waals surface area contributed by atoms with Crippen LogP contribution in [0.1, 0.15) is 25.3 Å². The minimum atomic E-state index is -4.35. The number of aromatic amines is 2. The number of aliphatic hydroxyl groups excluding tert-OH is 1. The van der Waals surface area contributed by atoms with Crippen LogP contribution < -0.4 is 22.7 Å². The van der Waals surface area contributed by atoms with Gasteiger partial charge in [-0.05, 0) is 0 Å². The van der Waals surface area contributed by atoms with Crippen molar-refractivity contribution < 1.29 is 42.2 Å². The molecule has 2 aliphatic heterocycles. The number of anilines is 2. The molecule has 238 valence electrons. The summed E-state index contributed by atoms with van der Waals surface area (Å²) in [5.41, 5.74) is 10.4. The summed E-state index contributed by atoms with van der Waals surface area (Å²) in [6, 6.07) is 0. The monoisotopic (exact) mass is 694 g/mol. The van der Waals surface area contributed by atoms with Crippen molar-refractivity contribution in [1.82, 2.24) is 39.0 Å². The smallest absolute Gasteiger partial charge is 0.386 e. The molecule has 8 N–H and O–H groups in total. The predicted octanol–water partition coefficient (Wildman–Crippen LogP) is -0.203. The number of nitrogens with zero attached hydrogens (tertiary/aromatic N) is 6. The van der Waals surface area contributed by atoms with Gasteiger partial charge in [0.05, 0.1) is 19.0 Å². The number of fused-ring (bicyclic) bond motifs is 2. The molecule has 4 aromatic heterocycles. The summed E-state index contributed by atoms with van der Waals surface area (Å²) < 4.78 is 55.1. The number of ether oxygens (including phenoxy) is 2. The number of nitrogens with two attached hydrogens (primary N) is 2. The molecule has 6 rings (SSSR count). The van der Waals surface area contributed by atoms with Crippen molar-refractivity contribution in [3.05, 3.63) is 33.5 Å².